The Morgan fingerprint density at radius 2 is 2.23 bits per heavy atom. The van der Waals surface area contributed by atoms with Crippen LogP contribution in [0.15, 0.2) is 0 Å². The van der Waals surface area contributed by atoms with E-state index in [1.165, 1.54) is 12.8 Å². The van der Waals surface area contributed by atoms with Crippen LogP contribution in [0.4, 0.5) is 0 Å². The molecule has 0 spiro atoms. The number of carboxylic acid groups (broad SMARTS) is 1. The average molecular weight is 205 g/mol. The summed E-state index contributed by atoms with van der Waals surface area (Å²) >= 11 is 1.71. The molecule has 0 fully saturated rings. The van der Waals surface area contributed by atoms with Crippen LogP contribution < -0.4 is 5.32 Å². The molecule has 0 radical (unpaired) electrons. The van der Waals surface area contributed by atoms with Crippen molar-refractivity contribution >= 4 is 17.7 Å². The molecule has 0 aliphatic rings. The molecule has 0 bridgehead atoms. The minimum atomic E-state index is -0.745. The monoisotopic (exact) mass is 205 g/mol. The van der Waals surface area contributed by atoms with E-state index in [1.807, 2.05) is 6.92 Å². The summed E-state index contributed by atoms with van der Waals surface area (Å²) in [6.07, 6.45) is 2.34. The van der Waals surface area contributed by atoms with Gasteiger partial charge in [0.25, 0.3) is 0 Å². The van der Waals surface area contributed by atoms with Crippen LogP contribution in [0.5, 0.6) is 0 Å². The molecule has 4 heteroatoms. The van der Waals surface area contributed by atoms with Crippen LogP contribution in [0, 0.1) is 0 Å². The van der Waals surface area contributed by atoms with Crippen molar-refractivity contribution in [3.8, 4) is 0 Å². The average Bonchev–Trinajstić information content (AvgIpc) is 2.10. The van der Waals surface area contributed by atoms with Crippen LogP contribution in [0.2, 0.25) is 0 Å². The zero-order chi connectivity index (χ0) is 10.1. The van der Waals surface area contributed by atoms with Gasteiger partial charge in [-0.1, -0.05) is 20.3 Å². The first-order chi connectivity index (χ1) is 6.22. The molecule has 1 atom stereocenters. The zero-order valence-electron chi connectivity index (χ0n) is 8.38. The Kier molecular flexibility index (Phi) is 8.24. The molecule has 0 aliphatic carbocycles. The standard InChI is InChI=1S/C9H19NO2S/c1-3-5-6-13-7-8(9(11)12)10-4-2/h8,10H,3-7H2,1-2H3,(H,11,12). The molecule has 0 amide bonds. The van der Waals surface area contributed by atoms with E-state index in [0.717, 1.165) is 5.75 Å². The fourth-order valence-corrected chi connectivity index (χ4v) is 2.07. The number of unbranched alkanes of at least 4 members (excludes halogenated alkanes) is 1. The first-order valence-corrected chi connectivity index (χ1v) is 5.91. The third-order valence-corrected chi connectivity index (χ3v) is 2.82. The Bertz CT molecular complexity index is 142. The topological polar surface area (TPSA) is 49.3 Å². The lowest BCUT2D eigenvalue weighted by atomic mass is 10.3. The number of likely N-dealkylation sites (N-methyl/N-ethyl adjacent to an activating group) is 1. The summed E-state index contributed by atoms with van der Waals surface area (Å²) in [5, 5.41) is 11.7. The van der Waals surface area contributed by atoms with E-state index in [9.17, 15) is 4.79 Å². The van der Waals surface area contributed by atoms with E-state index >= 15 is 0 Å². The molecule has 13 heavy (non-hydrogen) atoms. The quantitative estimate of drug-likeness (QED) is 0.591. The lowest BCUT2D eigenvalue weighted by molar-refractivity contribution is -0.138. The summed E-state index contributed by atoms with van der Waals surface area (Å²) in [5.41, 5.74) is 0. The van der Waals surface area contributed by atoms with Crippen molar-refractivity contribution in [3.63, 3.8) is 0 Å². The van der Waals surface area contributed by atoms with Gasteiger partial charge in [0.1, 0.15) is 6.04 Å². The second-order valence-corrected chi connectivity index (χ2v) is 4.03. The van der Waals surface area contributed by atoms with E-state index in [0.29, 0.717) is 12.3 Å². The van der Waals surface area contributed by atoms with Crippen LogP contribution in [0.1, 0.15) is 26.7 Å². The Morgan fingerprint density at radius 3 is 2.69 bits per heavy atom. The predicted molar refractivity (Wildman–Crippen MR) is 57.3 cm³/mol. The van der Waals surface area contributed by atoms with Crippen molar-refractivity contribution < 1.29 is 9.90 Å². The van der Waals surface area contributed by atoms with Crippen molar-refractivity contribution in [2.24, 2.45) is 0 Å². The molecule has 0 aromatic rings. The van der Waals surface area contributed by atoms with Gasteiger partial charge in [0.15, 0.2) is 0 Å². The smallest absolute Gasteiger partial charge is 0.321 e. The minimum absolute atomic E-state index is 0.383. The number of nitrogens with one attached hydrogen (secondary N) is 1. The van der Waals surface area contributed by atoms with Gasteiger partial charge in [0.05, 0.1) is 0 Å². The molecule has 0 heterocycles. The Hall–Kier alpha value is -0.220. The van der Waals surface area contributed by atoms with Gasteiger partial charge in [0.2, 0.25) is 0 Å². The molecule has 3 nitrogen and oxygen atoms in total. The summed E-state index contributed by atoms with van der Waals surface area (Å²) in [7, 11) is 0. The van der Waals surface area contributed by atoms with Gasteiger partial charge in [-0.05, 0) is 18.7 Å². The molecule has 78 valence electrons. The van der Waals surface area contributed by atoms with Gasteiger partial charge >= 0.3 is 5.97 Å². The fourth-order valence-electron chi connectivity index (χ4n) is 0.912. The number of aliphatic carboxylic acids is 1. The number of rotatable bonds is 8. The second-order valence-electron chi connectivity index (χ2n) is 2.88. The Balaban J connectivity index is 3.51. The maximum atomic E-state index is 10.7. The van der Waals surface area contributed by atoms with Gasteiger partial charge in [0, 0.05) is 5.75 Å². The van der Waals surface area contributed by atoms with Gasteiger partial charge < -0.3 is 10.4 Å². The molecular weight excluding hydrogens is 186 g/mol. The predicted octanol–water partition coefficient (Wildman–Crippen LogP) is 1.58. The van der Waals surface area contributed by atoms with Crippen molar-refractivity contribution in [1.82, 2.24) is 5.32 Å². The van der Waals surface area contributed by atoms with Crippen molar-refractivity contribution in [2.45, 2.75) is 32.7 Å². The Morgan fingerprint density at radius 1 is 1.54 bits per heavy atom. The first kappa shape index (κ1) is 12.8. The number of hydrogen-bond acceptors (Lipinski definition) is 3. The van der Waals surface area contributed by atoms with Gasteiger partial charge in [-0.2, -0.15) is 11.8 Å². The van der Waals surface area contributed by atoms with Crippen LogP contribution in [-0.2, 0) is 4.79 Å². The lowest BCUT2D eigenvalue weighted by Gasteiger charge is -2.11. The molecule has 0 aliphatic heterocycles. The summed E-state index contributed by atoms with van der Waals surface area (Å²) in [4.78, 5) is 10.7. The zero-order valence-corrected chi connectivity index (χ0v) is 9.19. The van der Waals surface area contributed by atoms with E-state index in [2.05, 4.69) is 12.2 Å². The van der Waals surface area contributed by atoms with Crippen molar-refractivity contribution in [2.75, 3.05) is 18.1 Å². The maximum absolute atomic E-state index is 10.7. The maximum Gasteiger partial charge on any atom is 0.321 e. The summed E-state index contributed by atoms with van der Waals surface area (Å²) in [6, 6.07) is -0.383. The van der Waals surface area contributed by atoms with Gasteiger partial charge in [-0.15, -0.1) is 0 Å². The molecule has 0 aromatic heterocycles. The number of thioether (sulfide) groups is 1. The molecule has 1 unspecified atom stereocenters. The summed E-state index contributed by atoms with van der Waals surface area (Å²) in [6.45, 7) is 4.78. The van der Waals surface area contributed by atoms with Crippen LogP contribution in [-0.4, -0.2) is 35.2 Å². The van der Waals surface area contributed by atoms with Crippen LogP contribution >= 0.6 is 11.8 Å². The van der Waals surface area contributed by atoms with Gasteiger partial charge in [-0.25, -0.2) is 0 Å². The van der Waals surface area contributed by atoms with E-state index in [-0.39, 0.29) is 6.04 Å². The van der Waals surface area contributed by atoms with E-state index in [1.54, 1.807) is 11.8 Å². The number of hydrogen-bond donors (Lipinski definition) is 2. The summed E-state index contributed by atoms with van der Waals surface area (Å²) in [5.74, 6) is 0.986. The second kappa shape index (κ2) is 8.38. The molecule has 0 rings (SSSR count). The molecule has 0 saturated carbocycles. The highest BCUT2D eigenvalue weighted by Crippen LogP contribution is 2.06. The first-order valence-electron chi connectivity index (χ1n) is 4.76. The largest absolute Gasteiger partial charge is 0.480 e. The molecule has 0 aromatic carbocycles. The van der Waals surface area contributed by atoms with Gasteiger partial charge in [-0.3, -0.25) is 4.79 Å². The highest BCUT2D eigenvalue weighted by Gasteiger charge is 2.14. The number of carbonyl (C=O) groups is 1. The van der Waals surface area contributed by atoms with E-state index in [4.69, 9.17) is 5.11 Å². The number of carboxylic acids is 1. The SMILES string of the molecule is CCCCSCC(NCC)C(=O)O. The normalized spacial score (nSPS) is 12.8. The molecule has 2 N–H and O–H groups in total. The van der Waals surface area contributed by atoms with Crippen molar-refractivity contribution in [1.29, 1.82) is 0 Å². The lowest BCUT2D eigenvalue weighted by Crippen LogP contribution is -2.38. The third kappa shape index (κ3) is 6.90. The van der Waals surface area contributed by atoms with Crippen molar-refractivity contribution in [3.05, 3.63) is 0 Å². The highest BCUT2D eigenvalue weighted by molar-refractivity contribution is 7.99. The fraction of sp³-hybridized carbons (Fsp3) is 0.889. The van der Waals surface area contributed by atoms with Crippen LogP contribution in [0.25, 0.3) is 0 Å². The van der Waals surface area contributed by atoms with E-state index < -0.39 is 5.97 Å². The highest BCUT2D eigenvalue weighted by atomic mass is 32.2. The third-order valence-electron chi connectivity index (χ3n) is 1.68. The molecular formula is C9H19NO2S. The molecule has 0 saturated heterocycles. The minimum Gasteiger partial charge on any atom is -0.480 e. The Labute approximate surface area is 84.3 Å². The van der Waals surface area contributed by atoms with Crippen LogP contribution in [0.3, 0.4) is 0 Å². The summed E-state index contributed by atoms with van der Waals surface area (Å²) < 4.78 is 0.